The van der Waals surface area contributed by atoms with Crippen LogP contribution in [-0.2, 0) is 28.2 Å². The highest BCUT2D eigenvalue weighted by molar-refractivity contribution is 5.88. The van der Waals surface area contributed by atoms with Gasteiger partial charge in [-0.15, -0.1) is 0 Å². The Balaban J connectivity index is 1.64. The number of aryl methyl sites for hydroxylation is 4. The summed E-state index contributed by atoms with van der Waals surface area (Å²) in [6.45, 7) is 0. The highest BCUT2D eigenvalue weighted by atomic mass is 16.1. The van der Waals surface area contributed by atoms with Crippen molar-refractivity contribution in [2.24, 2.45) is 28.2 Å². The molecule has 0 aliphatic rings. The fourth-order valence-electron chi connectivity index (χ4n) is 4.47. The standard InChI is InChI=1S/C24H22N8O/c1-28-14-25-12-22(28)23-27-18-9-15(16-11-26-29(2)13-16)5-7-19(18)32(23)17-6-8-20-21(10-17)31(4)24(33)30(20)3/h5-14H,1-4H3. The lowest BCUT2D eigenvalue weighted by Crippen LogP contribution is -2.19. The van der Waals surface area contributed by atoms with Crippen molar-refractivity contribution in [3.05, 3.63) is 71.8 Å². The van der Waals surface area contributed by atoms with E-state index in [-0.39, 0.29) is 5.69 Å². The molecule has 6 aromatic rings. The van der Waals surface area contributed by atoms with Crippen molar-refractivity contribution < 1.29 is 0 Å². The lowest BCUT2D eigenvalue weighted by Gasteiger charge is -2.11. The molecular formula is C24H22N8O. The van der Waals surface area contributed by atoms with E-state index < -0.39 is 0 Å². The van der Waals surface area contributed by atoms with Crippen LogP contribution in [0.3, 0.4) is 0 Å². The van der Waals surface area contributed by atoms with E-state index in [1.807, 2.05) is 55.5 Å². The van der Waals surface area contributed by atoms with Crippen LogP contribution in [0.25, 0.3) is 50.4 Å². The first-order valence-electron chi connectivity index (χ1n) is 10.6. The van der Waals surface area contributed by atoms with Crippen LogP contribution in [-0.4, -0.2) is 38.0 Å². The Bertz CT molecular complexity index is 1740. The van der Waals surface area contributed by atoms with Gasteiger partial charge in [0.2, 0.25) is 0 Å². The minimum Gasteiger partial charge on any atom is -0.331 e. The molecule has 9 heteroatoms. The number of imidazole rings is 3. The molecule has 4 heterocycles. The monoisotopic (exact) mass is 438 g/mol. The molecule has 6 rings (SSSR count). The van der Waals surface area contributed by atoms with Crippen LogP contribution in [0.15, 0.2) is 66.1 Å². The maximum absolute atomic E-state index is 12.5. The zero-order valence-electron chi connectivity index (χ0n) is 18.8. The SMILES string of the molecule is Cn1cc(-c2ccc3c(c2)nc(-c2cncn2C)n3-c2ccc3c(c2)n(C)c(=O)n3C)cn1. The van der Waals surface area contributed by atoms with E-state index in [0.29, 0.717) is 0 Å². The molecule has 0 atom stereocenters. The second-order valence-electron chi connectivity index (χ2n) is 8.34. The Kier molecular flexibility index (Phi) is 3.97. The van der Waals surface area contributed by atoms with Gasteiger partial charge in [0.25, 0.3) is 0 Å². The number of benzene rings is 2. The molecule has 0 bridgehead atoms. The van der Waals surface area contributed by atoms with Crippen molar-refractivity contribution in [3.8, 4) is 28.3 Å². The smallest absolute Gasteiger partial charge is 0.328 e. The van der Waals surface area contributed by atoms with Gasteiger partial charge in [0, 0.05) is 45.6 Å². The second kappa shape index (κ2) is 6.80. The summed E-state index contributed by atoms with van der Waals surface area (Å²) in [6.07, 6.45) is 7.43. The van der Waals surface area contributed by atoms with Gasteiger partial charge in [-0.25, -0.2) is 14.8 Å². The zero-order chi connectivity index (χ0) is 22.9. The topological polar surface area (TPSA) is 80.4 Å². The van der Waals surface area contributed by atoms with Crippen LogP contribution in [0.2, 0.25) is 0 Å². The Morgan fingerprint density at radius 3 is 2.33 bits per heavy atom. The number of nitrogens with zero attached hydrogens (tertiary/aromatic N) is 8. The highest BCUT2D eigenvalue weighted by Gasteiger charge is 2.19. The third-order valence-electron chi connectivity index (χ3n) is 6.25. The number of hydrogen-bond acceptors (Lipinski definition) is 4. The summed E-state index contributed by atoms with van der Waals surface area (Å²) < 4.78 is 9.20. The Hall–Kier alpha value is -4.40. The first-order valence-corrected chi connectivity index (χ1v) is 10.6. The molecule has 33 heavy (non-hydrogen) atoms. The summed E-state index contributed by atoms with van der Waals surface area (Å²) >= 11 is 0. The molecular weight excluding hydrogens is 416 g/mol. The normalized spacial score (nSPS) is 11.8. The molecule has 0 aliphatic carbocycles. The van der Waals surface area contributed by atoms with Gasteiger partial charge in [0.05, 0.1) is 40.8 Å². The van der Waals surface area contributed by atoms with Gasteiger partial charge in [-0.3, -0.25) is 18.4 Å². The van der Waals surface area contributed by atoms with Crippen molar-refractivity contribution >= 4 is 22.1 Å². The molecule has 9 nitrogen and oxygen atoms in total. The van der Waals surface area contributed by atoms with Crippen molar-refractivity contribution in [1.29, 1.82) is 0 Å². The molecule has 164 valence electrons. The van der Waals surface area contributed by atoms with Crippen molar-refractivity contribution in [1.82, 2.24) is 38.0 Å². The summed E-state index contributed by atoms with van der Waals surface area (Å²) in [5, 5.41) is 4.29. The number of aromatic nitrogens is 8. The van der Waals surface area contributed by atoms with Gasteiger partial charge in [-0.2, -0.15) is 5.10 Å². The minimum atomic E-state index is -0.0504. The Morgan fingerprint density at radius 2 is 1.61 bits per heavy atom. The molecule has 0 spiro atoms. The van der Waals surface area contributed by atoms with Gasteiger partial charge < -0.3 is 4.57 Å². The average molecular weight is 438 g/mol. The van der Waals surface area contributed by atoms with Crippen LogP contribution >= 0.6 is 0 Å². The largest absolute Gasteiger partial charge is 0.331 e. The summed E-state index contributed by atoms with van der Waals surface area (Å²) in [7, 11) is 7.45. The predicted molar refractivity (Wildman–Crippen MR) is 127 cm³/mol. The van der Waals surface area contributed by atoms with E-state index >= 15 is 0 Å². The van der Waals surface area contributed by atoms with Crippen molar-refractivity contribution in [3.63, 3.8) is 0 Å². The molecule has 0 aliphatic heterocycles. The maximum atomic E-state index is 12.5. The molecule has 0 N–H and O–H groups in total. The average Bonchev–Trinajstić information content (AvgIpc) is 3.57. The van der Waals surface area contributed by atoms with Crippen LogP contribution in [0.1, 0.15) is 0 Å². The van der Waals surface area contributed by atoms with E-state index in [1.54, 1.807) is 34.2 Å². The highest BCUT2D eigenvalue weighted by Crippen LogP contribution is 2.32. The van der Waals surface area contributed by atoms with Gasteiger partial charge in [-0.1, -0.05) is 6.07 Å². The van der Waals surface area contributed by atoms with Crippen LogP contribution < -0.4 is 5.69 Å². The summed E-state index contributed by atoms with van der Waals surface area (Å²) in [5.41, 5.74) is 7.46. The van der Waals surface area contributed by atoms with Crippen LogP contribution in [0.5, 0.6) is 0 Å². The van der Waals surface area contributed by atoms with Crippen LogP contribution in [0.4, 0.5) is 0 Å². The summed E-state index contributed by atoms with van der Waals surface area (Å²) in [4.78, 5) is 21.8. The molecule has 0 amide bonds. The molecule has 0 fully saturated rings. The van der Waals surface area contributed by atoms with Gasteiger partial charge in [-0.05, 0) is 35.9 Å². The summed E-state index contributed by atoms with van der Waals surface area (Å²) in [6, 6.07) is 12.3. The molecule has 0 saturated heterocycles. The van der Waals surface area contributed by atoms with Crippen LogP contribution in [0, 0.1) is 0 Å². The van der Waals surface area contributed by atoms with Gasteiger partial charge in [0.1, 0.15) is 5.69 Å². The van der Waals surface area contributed by atoms with Gasteiger partial charge in [0.15, 0.2) is 5.82 Å². The van der Waals surface area contributed by atoms with Crippen molar-refractivity contribution in [2.75, 3.05) is 0 Å². The Morgan fingerprint density at radius 1 is 0.818 bits per heavy atom. The lowest BCUT2D eigenvalue weighted by atomic mass is 10.1. The molecule has 4 aromatic heterocycles. The third kappa shape index (κ3) is 2.78. The van der Waals surface area contributed by atoms with Crippen molar-refractivity contribution in [2.45, 2.75) is 0 Å². The number of fused-ring (bicyclic) bond motifs is 2. The van der Waals surface area contributed by atoms with E-state index in [0.717, 1.165) is 50.4 Å². The fraction of sp³-hybridized carbons (Fsp3) is 0.167. The molecule has 0 radical (unpaired) electrons. The van der Waals surface area contributed by atoms with E-state index in [4.69, 9.17) is 4.98 Å². The zero-order valence-corrected chi connectivity index (χ0v) is 18.8. The maximum Gasteiger partial charge on any atom is 0.328 e. The number of hydrogen-bond donors (Lipinski definition) is 0. The fourth-order valence-corrected chi connectivity index (χ4v) is 4.47. The molecule has 0 saturated carbocycles. The first kappa shape index (κ1) is 19.3. The van der Waals surface area contributed by atoms with Gasteiger partial charge >= 0.3 is 5.69 Å². The number of rotatable bonds is 3. The molecule has 0 unspecified atom stereocenters. The lowest BCUT2D eigenvalue weighted by molar-refractivity contribution is 0.768. The van der Waals surface area contributed by atoms with E-state index in [9.17, 15) is 4.79 Å². The Labute approximate surface area is 188 Å². The van der Waals surface area contributed by atoms with E-state index in [1.165, 1.54) is 0 Å². The predicted octanol–water partition coefficient (Wildman–Crippen LogP) is 3.02. The third-order valence-corrected chi connectivity index (χ3v) is 6.25. The first-order chi connectivity index (χ1) is 15.9. The minimum absolute atomic E-state index is 0.0504. The quantitative estimate of drug-likeness (QED) is 0.425. The second-order valence-corrected chi connectivity index (χ2v) is 8.34. The van der Waals surface area contributed by atoms with E-state index in [2.05, 4.69) is 32.8 Å². The summed E-state index contributed by atoms with van der Waals surface area (Å²) in [5.74, 6) is 0.786. The molecule has 2 aromatic carbocycles.